The molecule has 0 atom stereocenters. The first-order valence-electron chi connectivity index (χ1n) is 14.2. The van der Waals surface area contributed by atoms with Gasteiger partial charge in [0.2, 0.25) is 0 Å². The van der Waals surface area contributed by atoms with E-state index < -0.39 is 27.8 Å². The number of aromatic carboxylic acids is 1. The molecule has 1 heterocycles. The average molecular weight is 716 g/mol. The van der Waals surface area contributed by atoms with Crippen LogP contribution in [0.1, 0.15) is 42.3 Å². The van der Waals surface area contributed by atoms with E-state index in [0.717, 1.165) is 54.7 Å². The van der Waals surface area contributed by atoms with Crippen LogP contribution >= 0.6 is 27.3 Å². The van der Waals surface area contributed by atoms with Gasteiger partial charge >= 0.3 is 22.1 Å². The van der Waals surface area contributed by atoms with Crippen LogP contribution in [0.2, 0.25) is 0 Å². The third-order valence-electron chi connectivity index (χ3n) is 7.89. The lowest BCUT2D eigenvalue weighted by atomic mass is 9.91. The Morgan fingerprint density at radius 2 is 1.46 bits per heavy atom. The number of ether oxygens (including phenoxy) is 1. The molecule has 0 amide bonds. The number of rotatable bonds is 7. The highest BCUT2D eigenvalue weighted by atomic mass is 79.9. The second-order valence-electron chi connectivity index (χ2n) is 10.9. The first-order valence-corrected chi connectivity index (χ1v) is 17.2. The van der Waals surface area contributed by atoms with Gasteiger partial charge in [0.15, 0.2) is 0 Å². The number of halogens is 1. The molecule has 6 rings (SSSR count). The summed E-state index contributed by atoms with van der Waals surface area (Å²) in [5.41, 5.74) is 4.18. The standard InChI is InChI=1S/C36H27BrO7S2/c1-19-16-24(31-26-12-8-9-13-27(26)32(37)34-30(31)21(3)22(4)45-34)17-20(2)33(19)44-46(41,42)25-14-15-28(35(38)39)29(18-25)43-36(40)23-10-6-5-7-11-23/h5-18H,1-4H3,(H,38,39). The predicted molar refractivity (Wildman–Crippen MR) is 184 cm³/mol. The minimum absolute atomic E-state index is 0.157. The number of esters is 1. The summed E-state index contributed by atoms with van der Waals surface area (Å²) >= 11 is 5.57. The fourth-order valence-corrected chi connectivity index (χ4v) is 8.54. The molecule has 0 aliphatic carbocycles. The van der Waals surface area contributed by atoms with Crippen molar-refractivity contribution in [2.24, 2.45) is 0 Å². The summed E-state index contributed by atoms with van der Waals surface area (Å²) < 4.78 is 40.4. The molecule has 5 aromatic carbocycles. The molecule has 0 bridgehead atoms. The SMILES string of the molecule is Cc1cc(-c2c3ccccc3c(Br)c3sc(C)c(C)c23)cc(C)c1OS(=O)(=O)c1ccc(C(=O)O)c(OC(=O)c2ccccc2)c1. The molecule has 0 saturated carbocycles. The Balaban J connectivity index is 1.41. The minimum Gasteiger partial charge on any atom is -0.478 e. The maximum atomic E-state index is 13.6. The minimum atomic E-state index is -4.47. The van der Waals surface area contributed by atoms with Crippen LogP contribution in [-0.4, -0.2) is 25.5 Å². The first-order chi connectivity index (χ1) is 21.9. The van der Waals surface area contributed by atoms with Crippen molar-refractivity contribution in [3.8, 4) is 22.6 Å². The number of thiophene rings is 1. The smallest absolute Gasteiger partial charge is 0.343 e. The van der Waals surface area contributed by atoms with Crippen molar-refractivity contribution in [3.63, 3.8) is 0 Å². The Kier molecular flexibility index (Phi) is 8.22. The lowest BCUT2D eigenvalue weighted by Crippen LogP contribution is -2.15. The van der Waals surface area contributed by atoms with Gasteiger partial charge in [0.25, 0.3) is 0 Å². The van der Waals surface area contributed by atoms with Gasteiger partial charge in [-0.15, -0.1) is 11.3 Å². The Morgan fingerprint density at radius 1 is 0.826 bits per heavy atom. The quantitative estimate of drug-likeness (QED) is 0.0997. The van der Waals surface area contributed by atoms with Crippen molar-refractivity contribution in [3.05, 3.63) is 122 Å². The first kappa shape index (κ1) is 31.5. The van der Waals surface area contributed by atoms with E-state index in [1.54, 1.807) is 43.4 Å². The zero-order chi connectivity index (χ0) is 32.9. The maximum Gasteiger partial charge on any atom is 0.343 e. The molecule has 0 spiro atoms. The van der Waals surface area contributed by atoms with Gasteiger partial charge in [0.05, 0.1) is 10.3 Å². The number of hydrogen-bond acceptors (Lipinski definition) is 7. The Morgan fingerprint density at radius 3 is 2.11 bits per heavy atom. The third-order valence-corrected chi connectivity index (χ3v) is 11.4. The molecule has 0 radical (unpaired) electrons. The molecule has 0 aliphatic heterocycles. The van der Waals surface area contributed by atoms with E-state index in [9.17, 15) is 23.1 Å². The number of carboxylic acids is 1. The number of hydrogen-bond donors (Lipinski definition) is 1. The lowest BCUT2D eigenvalue weighted by molar-refractivity contribution is 0.0681. The molecule has 0 fully saturated rings. The summed E-state index contributed by atoms with van der Waals surface area (Å²) in [6.45, 7) is 7.79. The average Bonchev–Trinajstić information content (AvgIpc) is 3.33. The molecule has 232 valence electrons. The summed E-state index contributed by atoms with van der Waals surface area (Å²) in [5.74, 6) is -2.47. The van der Waals surface area contributed by atoms with Crippen molar-refractivity contribution in [2.75, 3.05) is 0 Å². The Bertz CT molecular complexity index is 2300. The van der Waals surface area contributed by atoms with E-state index >= 15 is 0 Å². The molecule has 6 aromatic rings. The van der Waals surface area contributed by atoms with Crippen molar-refractivity contribution >= 4 is 70.2 Å². The van der Waals surface area contributed by atoms with Gasteiger partial charge in [-0.1, -0.05) is 42.5 Å². The molecule has 46 heavy (non-hydrogen) atoms. The topological polar surface area (TPSA) is 107 Å². The molecule has 1 N–H and O–H groups in total. The zero-order valence-corrected chi connectivity index (χ0v) is 28.4. The Labute approximate surface area is 278 Å². The highest BCUT2D eigenvalue weighted by molar-refractivity contribution is 9.11. The predicted octanol–water partition coefficient (Wildman–Crippen LogP) is 9.40. The van der Waals surface area contributed by atoms with E-state index in [1.807, 2.05) is 24.3 Å². The fraction of sp³-hybridized carbons (Fsp3) is 0.111. The van der Waals surface area contributed by atoms with E-state index in [4.69, 9.17) is 8.92 Å². The van der Waals surface area contributed by atoms with Crippen LogP contribution in [0.25, 0.3) is 32.0 Å². The van der Waals surface area contributed by atoms with Crippen LogP contribution in [0, 0.1) is 27.7 Å². The largest absolute Gasteiger partial charge is 0.478 e. The van der Waals surface area contributed by atoms with E-state index in [1.165, 1.54) is 22.6 Å². The van der Waals surface area contributed by atoms with Crippen LogP contribution < -0.4 is 8.92 Å². The molecular weight excluding hydrogens is 688 g/mol. The van der Waals surface area contributed by atoms with Crippen LogP contribution in [0.15, 0.2) is 94.3 Å². The summed E-state index contributed by atoms with van der Waals surface area (Å²) in [6, 6.07) is 23.2. The van der Waals surface area contributed by atoms with Gasteiger partial charge in [-0.3, -0.25) is 0 Å². The Hall–Kier alpha value is -4.51. The van der Waals surface area contributed by atoms with Gasteiger partial charge in [0.1, 0.15) is 22.0 Å². The second kappa shape index (κ2) is 12.0. The van der Waals surface area contributed by atoms with E-state index in [-0.39, 0.29) is 21.8 Å². The molecule has 7 nitrogen and oxygen atoms in total. The molecule has 0 unspecified atom stereocenters. The van der Waals surface area contributed by atoms with Crippen molar-refractivity contribution in [1.82, 2.24) is 0 Å². The number of carboxylic acid groups (broad SMARTS) is 1. The van der Waals surface area contributed by atoms with Crippen molar-refractivity contribution < 1.29 is 32.0 Å². The summed E-state index contributed by atoms with van der Waals surface area (Å²) in [5, 5.41) is 13.0. The van der Waals surface area contributed by atoms with Gasteiger partial charge in [0, 0.05) is 20.8 Å². The molecular formula is C36H27BrO7S2. The van der Waals surface area contributed by atoms with Gasteiger partial charge in [-0.25, -0.2) is 9.59 Å². The van der Waals surface area contributed by atoms with E-state index in [2.05, 4.69) is 41.9 Å². The summed E-state index contributed by atoms with van der Waals surface area (Å²) in [6.07, 6.45) is 0. The lowest BCUT2D eigenvalue weighted by Gasteiger charge is -2.17. The van der Waals surface area contributed by atoms with Gasteiger partial charge in [-0.2, -0.15) is 8.42 Å². The van der Waals surface area contributed by atoms with Gasteiger partial charge in [-0.05, 0) is 119 Å². The number of carbonyl (C=O) groups excluding carboxylic acids is 1. The number of aryl methyl sites for hydroxylation is 4. The highest BCUT2D eigenvalue weighted by Crippen LogP contribution is 2.48. The van der Waals surface area contributed by atoms with Crippen molar-refractivity contribution in [2.45, 2.75) is 32.6 Å². The third kappa shape index (κ3) is 5.57. The summed E-state index contributed by atoms with van der Waals surface area (Å²) in [4.78, 5) is 25.4. The van der Waals surface area contributed by atoms with Crippen LogP contribution in [-0.2, 0) is 10.1 Å². The van der Waals surface area contributed by atoms with Crippen molar-refractivity contribution in [1.29, 1.82) is 0 Å². The highest BCUT2D eigenvalue weighted by Gasteiger charge is 2.26. The summed E-state index contributed by atoms with van der Waals surface area (Å²) in [7, 11) is -4.47. The van der Waals surface area contributed by atoms with Crippen LogP contribution in [0.3, 0.4) is 0 Å². The van der Waals surface area contributed by atoms with E-state index in [0.29, 0.717) is 11.1 Å². The van der Waals surface area contributed by atoms with Crippen LogP contribution in [0.4, 0.5) is 0 Å². The molecule has 0 saturated heterocycles. The normalized spacial score (nSPS) is 11.6. The maximum absolute atomic E-state index is 13.6. The number of carbonyl (C=O) groups is 2. The fourth-order valence-electron chi connectivity index (χ4n) is 5.57. The van der Waals surface area contributed by atoms with Gasteiger partial charge < -0.3 is 14.0 Å². The monoisotopic (exact) mass is 714 g/mol. The molecule has 0 aliphatic rings. The molecule has 10 heteroatoms. The second-order valence-corrected chi connectivity index (χ2v) is 14.5. The number of benzene rings is 5. The zero-order valence-electron chi connectivity index (χ0n) is 25.2. The molecule has 1 aromatic heterocycles. The number of fused-ring (bicyclic) bond motifs is 2. The van der Waals surface area contributed by atoms with Crippen LogP contribution in [0.5, 0.6) is 11.5 Å².